The van der Waals surface area contributed by atoms with Crippen LogP contribution in [0.1, 0.15) is 18.4 Å². The van der Waals surface area contributed by atoms with Gasteiger partial charge in [-0.25, -0.2) is 4.39 Å². The zero-order chi connectivity index (χ0) is 21.8. The number of para-hydroxylation sites is 2. The highest BCUT2D eigenvalue weighted by Crippen LogP contribution is 2.42. The van der Waals surface area contributed by atoms with Gasteiger partial charge >= 0.3 is 0 Å². The molecule has 1 aliphatic heterocycles. The third-order valence-corrected chi connectivity index (χ3v) is 5.69. The molecule has 1 amide bonds. The second-order valence-electron chi connectivity index (χ2n) is 6.48. The summed E-state index contributed by atoms with van der Waals surface area (Å²) in [4.78, 5) is 13.3. The van der Waals surface area contributed by atoms with Gasteiger partial charge in [-0.1, -0.05) is 29.8 Å². The lowest BCUT2D eigenvalue weighted by Gasteiger charge is -2.29. The van der Waals surface area contributed by atoms with Crippen molar-refractivity contribution in [2.45, 2.75) is 12.8 Å². The van der Waals surface area contributed by atoms with Gasteiger partial charge in [-0.15, -0.1) is 11.8 Å². The Labute approximate surface area is 183 Å². The number of nitrogens with zero attached hydrogens (tertiary/aromatic N) is 1. The van der Waals surface area contributed by atoms with Crippen molar-refractivity contribution in [1.29, 1.82) is 5.26 Å². The summed E-state index contributed by atoms with van der Waals surface area (Å²) >= 11 is 7.24. The van der Waals surface area contributed by atoms with Crippen LogP contribution in [-0.2, 0) is 4.79 Å². The molecule has 0 saturated heterocycles. The minimum Gasteiger partial charge on any atom is -0.495 e. The fourth-order valence-corrected chi connectivity index (χ4v) is 4.16. The summed E-state index contributed by atoms with van der Waals surface area (Å²) in [6.07, 6.45) is 1.81. The van der Waals surface area contributed by atoms with Crippen molar-refractivity contribution in [3.63, 3.8) is 0 Å². The monoisotopic (exact) mass is 443 g/mol. The summed E-state index contributed by atoms with van der Waals surface area (Å²) in [7, 11) is 1.50. The van der Waals surface area contributed by atoms with Gasteiger partial charge in [0.2, 0.25) is 0 Å². The van der Waals surface area contributed by atoms with Crippen LogP contribution >= 0.6 is 23.4 Å². The molecule has 5 nitrogen and oxygen atoms in total. The summed E-state index contributed by atoms with van der Waals surface area (Å²) in [5.41, 5.74) is 1.72. The number of allylic oxidation sites excluding steroid dienone is 2. The van der Waals surface area contributed by atoms with E-state index in [0.717, 1.165) is 0 Å². The first-order chi connectivity index (χ1) is 14.4. The number of hydrogen-bond donors (Lipinski definition) is 2. The van der Waals surface area contributed by atoms with E-state index in [9.17, 15) is 14.4 Å². The molecule has 1 atom stereocenters. The maximum Gasteiger partial charge on any atom is 0.254 e. The molecule has 2 N–H and O–H groups in total. The molecule has 8 heteroatoms. The zero-order valence-electron chi connectivity index (χ0n) is 16.5. The number of nitrogens with one attached hydrogen (secondary N) is 2. The fraction of sp³-hybridized carbons (Fsp3) is 0.182. The van der Waals surface area contributed by atoms with E-state index < -0.39 is 17.6 Å². The Bertz CT molecular complexity index is 1110. The second-order valence-corrected chi connectivity index (χ2v) is 7.73. The number of rotatable bonds is 5. The van der Waals surface area contributed by atoms with E-state index >= 15 is 0 Å². The Morgan fingerprint density at radius 1 is 1.33 bits per heavy atom. The van der Waals surface area contributed by atoms with E-state index in [1.807, 2.05) is 6.26 Å². The summed E-state index contributed by atoms with van der Waals surface area (Å²) in [6, 6.07) is 13.3. The molecule has 30 heavy (non-hydrogen) atoms. The Hall–Kier alpha value is -2.95. The molecule has 2 aromatic carbocycles. The summed E-state index contributed by atoms with van der Waals surface area (Å²) in [5, 5.41) is 16.6. The topological polar surface area (TPSA) is 74.2 Å². The average Bonchev–Trinajstić information content (AvgIpc) is 2.73. The Kier molecular flexibility index (Phi) is 6.70. The standard InChI is InChI=1S/C22H19ClFN3O2S/c1-12-19(21(28)27-17-6-4-5-7-18(17)29-2)20(15(11-25)22(26-12)30-3)14-9-8-13(23)10-16(14)24/h4-10,20,26H,1-3H3,(H,27,28). The lowest BCUT2D eigenvalue weighted by atomic mass is 9.82. The van der Waals surface area contributed by atoms with Gasteiger partial charge in [-0.3, -0.25) is 4.79 Å². The molecule has 0 saturated carbocycles. The van der Waals surface area contributed by atoms with Crippen LogP contribution in [0.2, 0.25) is 5.02 Å². The largest absolute Gasteiger partial charge is 0.495 e. The van der Waals surface area contributed by atoms with E-state index in [2.05, 4.69) is 16.7 Å². The number of carbonyl (C=O) groups is 1. The van der Waals surface area contributed by atoms with Gasteiger partial charge in [0.1, 0.15) is 11.6 Å². The zero-order valence-corrected chi connectivity index (χ0v) is 18.1. The first-order valence-electron chi connectivity index (χ1n) is 8.96. The number of carbonyl (C=O) groups excluding carboxylic acids is 1. The van der Waals surface area contributed by atoms with Crippen molar-refractivity contribution in [2.24, 2.45) is 0 Å². The van der Waals surface area contributed by atoms with E-state index in [-0.39, 0.29) is 21.7 Å². The normalized spacial score (nSPS) is 16.1. The SMILES string of the molecule is COc1ccccc1NC(=O)C1=C(C)NC(SC)=C(C#N)C1c1ccc(Cl)cc1F. The maximum atomic E-state index is 14.9. The van der Waals surface area contributed by atoms with Gasteiger partial charge in [-0.05, 0) is 37.4 Å². The van der Waals surface area contributed by atoms with Crippen LogP contribution < -0.4 is 15.4 Å². The summed E-state index contributed by atoms with van der Waals surface area (Å²) in [6.45, 7) is 1.72. The van der Waals surface area contributed by atoms with Crippen LogP contribution in [0.15, 0.2) is 64.3 Å². The number of halogens is 2. The molecule has 1 heterocycles. The summed E-state index contributed by atoms with van der Waals surface area (Å²) < 4.78 is 20.2. The number of nitriles is 1. The van der Waals surface area contributed by atoms with Gasteiger partial charge in [0, 0.05) is 21.9 Å². The molecule has 1 aliphatic rings. The van der Waals surface area contributed by atoms with Crippen LogP contribution in [0.4, 0.5) is 10.1 Å². The highest BCUT2D eigenvalue weighted by Gasteiger charge is 2.36. The van der Waals surface area contributed by atoms with Crippen molar-refractivity contribution in [2.75, 3.05) is 18.7 Å². The van der Waals surface area contributed by atoms with Crippen molar-refractivity contribution in [3.05, 3.63) is 80.7 Å². The molecule has 0 bridgehead atoms. The van der Waals surface area contributed by atoms with Crippen LogP contribution in [0.25, 0.3) is 0 Å². The first-order valence-corrected chi connectivity index (χ1v) is 10.6. The quantitative estimate of drug-likeness (QED) is 0.665. The first kappa shape index (κ1) is 21.8. The minimum atomic E-state index is -0.884. The second kappa shape index (κ2) is 9.24. The van der Waals surface area contributed by atoms with Crippen LogP contribution in [-0.4, -0.2) is 19.3 Å². The molecule has 0 fully saturated rings. The minimum absolute atomic E-state index is 0.202. The maximum absolute atomic E-state index is 14.9. The molecule has 0 aromatic heterocycles. The molecule has 0 radical (unpaired) electrons. The number of methoxy groups -OCH3 is 1. The van der Waals surface area contributed by atoms with Gasteiger partial charge in [-0.2, -0.15) is 5.26 Å². The lowest BCUT2D eigenvalue weighted by Crippen LogP contribution is -2.31. The molecule has 0 aliphatic carbocycles. The van der Waals surface area contributed by atoms with Gasteiger partial charge in [0.15, 0.2) is 0 Å². The molecular formula is C22H19ClFN3O2S. The van der Waals surface area contributed by atoms with Crippen LogP contribution in [0, 0.1) is 17.1 Å². The molecule has 1 unspecified atom stereocenters. The van der Waals surface area contributed by atoms with E-state index in [1.165, 1.54) is 31.0 Å². The number of ether oxygens (including phenoxy) is 1. The summed E-state index contributed by atoms with van der Waals surface area (Å²) in [5.74, 6) is -1.44. The highest BCUT2D eigenvalue weighted by molar-refractivity contribution is 8.02. The van der Waals surface area contributed by atoms with E-state index in [1.54, 1.807) is 37.3 Å². The van der Waals surface area contributed by atoms with E-state index in [0.29, 0.717) is 22.2 Å². The number of dihydropyridines is 1. The van der Waals surface area contributed by atoms with Crippen molar-refractivity contribution < 1.29 is 13.9 Å². The third-order valence-electron chi connectivity index (χ3n) is 4.72. The number of amides is 1. The third kappa shape index (κ3) is 4.16. The Morgan fingerprint density at radius 3 is 2.70 bits per heavy atom. The fourth-order valence-electron chi connectivity index (χ4n) is 3.36. The van der Waals surface area contributed by atoms with Crippen molar-refractivity contribution in [1.82, 2.24) is 5.32 Å². The average molecular weight is 444 g/mol. The van der Waals surface area contributed by atoms with Crippen molar-refractivity contribution >= 4 is 35.0 Å². The molecule has 0 spiro atoms. The lowest BCUT2D eigenvalue weighted by molar-refractivity contribution is -0.113. The number of hydrogen-bond acceptors (Lipinski definition) is 5. The number of thioether (sulfide) groups is 1. The van der Waals surface area contributed by atoms with Gasteiger partial charge in [0.25, 0.3) is 5.91 Å². The van der Waals surface area contributed by atoms with Gasteiger partial charge in [0.05, 0.1) is 35.4 Å². The molecule has 2 aromatic rings. The Balaban J connectivity index is 2.12. The van der Waals surface area contributed by atoms with Crippen molar-refractivity contribution in [3.8, 4) is 11.8 Å². The molecular weight excluding hydrogens is 425 g/mol. The highest BCUT2D eigenvalue weighted by atomic mass is 35.5. The van der Waals surface area contributed by atoms with Gasteiger partial charge < -0.3 is 15.4 Å². The number of benzene rings is 2. The van der Waals surface area contributed by atoms with Crippen LogP contribution in [0.3, 0.4) is 0 Å². The number of anilines is 1. The van der Waals surface area contributed by atoms with E-state index in [4.69, 9.17) is 16.3 Å². The predicted octanol–water partition coefficient (Wildman–Crippen LogP) is 5.19. The van der Waals surface area contributed by atoms with Crippen LogP contribution in [0.5, 0.6) is 5.75 Å². The molecule has 3 rings (SSSR count). The smallest absolute Gasteiger partial charge is 0.254 e. The molecule has 154 valence electrons. The predicted molar refractivity (Wildman–Crippen MR) is 118 cm³/mol. The Morgan fingerprint density at radius 2 is 2.07 bits per heavy atom.